The highest BCUT2D eigenvalue weighted by Crippen LogP contribution is 2.41. The van der Waals surface area contributed by atoms with Gasteiger partial charge in [0.2, 0.25) is 0 Å². The van der Waals surface area contributed by atoms with E-state index in [4.69, 9.17) is 9.47 Å². The summed E-state index contributed by atoms with van der Waals surface area (Å²) in [5.41, 5.74) is 1.71. The summed E-state index contributed by atoms with van der Waals surface area (Å²) in [5.74, 6) is -3.09. The van der Waals surface area contributed by atoms with Gasteiger partial charge in [0.25, 0.3) is 0 Å². The van der Waals surface area contributed by atoms with Crippen LogP contribution in [0.3, 0.4) is 0 Å². The Morgan fingerprint density at radius 3 is 2.33 bits per heavy atom. The standard InChI is InChI=1S/C19H24O5/c1-4-23-18(21)14-10-11-15(20)16(17(14)19(22)24-5-2)13-9-7-6-8-12(13)3/h6-9,14,16-17H,4-5,10-11H2,1-3H3/t14-,16+,17+/m1/s1. The second kappa shape index (κ2) is 8.08. The molecule has 1 aliphatic rings. The summed E-state index contributed by atoms with van der Waals surface area (Å²) in [7, 11) is 0. The van der Waals surface area contributed by atoms with E-state index in [1.54, 1.807) is 13.8 Å². The van der Waals surface area contributed by atoms with E-state index >= 15 is 0 Å². The molecule has 0 radical (unpaired) electrons. The lowest BCUT2D eigenvalue weighted by Gasteiger charge is -2.35. The van der Waals surface area contributed by atoms with Gasteiger partial charge in [-0.15, -0.1) is 0 Å². The third-order valence-corrected chi connectivity index (χ3v) is 4.51. The van der Waals surface area contributed by atoms with E-state index in [1.165, 1.54) is 0 Å². The molecule has 5 heteroatoms. The van der Waals surface area contributed by atoms with Crippen LogP contribution in [0.2, 0.25) is 0 Å². The van der Waals surface area contributed by atoms with Crippen molar-refractivity contribution in [1.29, 1.82) is 0 Å². The molecule has 1 aliphatic carbocycles. The maximum Gasteiger partial charge on any atom is 0.310 e. The van der Waals surface area contributed by atoms with Crippen molar-refractivity contribution in [2.24, 2.45) is 11.8 Å². The van der Waals surface area contributed by atoms with E-state index in [-0.39, 0.29) is 25.4 Å². The highest BCUT2D eigenvalue weighted by atomic mass is 16.5. The number of benzene rings is 1. The van der Waals surface area contributed by atoms with Crippen molar-refractivity contribution in [3.05, 3.63) is 35.4 Å². The molecule has 5 nitrogen and oxygen atoms in total. The van der Waals surface area contributed by atoms with Crippen LogP contribution in [0.5, 0.6) is 0 Å². The third-order valence-electron chi connectivity index (χ3n) is 4.51. The van der Waals surface area contributed by atoms with Crippen molar-refractivity contribution in [2.75, 3.05) is 13.2 Å². The third kappa shape index (κ3) is 3.66. The Bertz CT molecular complexity index is 622. The molecule has 0 bridgehead atoms. The summed E-state index contributed by atoms with van der Waals surface area (Å²) in [5, 5.41) is 0. The Hall–Kier alpha value is -2.17. The molecule has 1 fully saturated rings. The molecule has 0 aliphatic heterocycles. The van der Waals surface area contributed by atoms with Crippen LogP contribution in [0.25, 0.3) is 0 Å². The summed E-state index contributed by atoms with van der Waals surface area (Å²) in [6, 6.07) is 7.47. The van der Waals surface area contributed by atoms with Crippen LogP contribution in [-0.2, 0) is 23.9 Å². The molecule has 24 heavy (non-hydrogen) atoms. The van der Waals surface area contributed by atoms with Crippen LogP contribution >= 0.6 is 0 Å². The summed E-state index contributed by atoms with van der Waals surface area (Å²) < 4.78 is 10.3. The van der Waals surface area contributed by atoms with Crippen LogP contribution < -0.4 is 0 Å². The van der Waals surface area contributed by atoms with Crippen LogP contribution in [0.4, 0.5) is 0 Å². The largest absolute Gasteiger partial charge is 0.466 e. The van der Waals surface area contributed by atoms with Crippen LogP contribution in [-0.4, -0.2) is 30.9 Å². The lowest BCUT2D eigenvalue weighted by Crippen LogP contribution is -2.43. The van der Waals surface area contributed by atoms with Crippen molar-refractivity contribution < 1.29 is 23.9 Å². The normalized spacial score (nSPS) is 23.6. The summed E-state index contributed by atoms with van der Waals surface area (Å²) >= 11 is 0. The number of carbonyl (C=O) groups is 3. The molecule has 0 unspecified atom stereocenters. The van der Waals surface area contributed by atoms with Gasteiger partial charge >= 0.3 is 11.9 Å². The van der Waals surface area contributed by atoms with Crippen molar-refractivity contribution >= 4 is 17.7 Å². The number of rotatable bonds is 5. The Morgan fingerprint density at radius 2 is 1.71 bits per heavy atom. The molecule has 0 spiro atoms. The van der Waals surface area contributed by atoms with Crippen LogP contribution in [0.1, 0.15) is 43.7 Å². The number of esters is 2. The molecule has 1 aromatic rings. The fourth-order valence-electron chi connectivity index (χ4n) is 3.42. The first-order valence-corrected chi connectivity index (χ1v) is 8.42. The Morgan fingerprint density at radius 1 is 1.08 bits per heavy atom. The molecule has 0 saturated heterocycles. The highest BCUT2D eigenvalue weighted by molar-refractivity contribution is 5.96. The van der Waals surface area contributed by atoms with Gasteiger partial charge in [-0.05, 0) is 38.3 Å². The molecular weight excluding hydrogens is 308 g/mol. The van der Waals surface area contributed by atoms with E-state index in [9.17, 15) is 14.4 Å². The minimum Gasteiger partial charge on any atom is -0.466 e. The molecule has 0 heterocycles. The average molecular weight is 332 g/mol. The fourth-order valence-corrected chi connectivity index (χ4v) is 3.42. The zero-order valence-electron chi connectivity index (χ0n) is 14.4. The molecule has 130 valence electrons. The highest BCUT2D eigenvalue weighted by Gasteiger charge is 2.48. The van der Waals surface area contributed by atoms with Crippen molar-refractivity contribution in [3.8, 4) is 0 Å². The molecule has 1 aromatic carbocycles. The van der Waals surface area contributed by atoms with Gasteiger partial charge in [-0.3, -0.25) is 14.4 Å². The van der Waals surface area contributed by atoms with Gasteiger partial charge in [-0.2, -0.15) is 0 Å². The number of ketones is 1. The van der Waals surface area contributed by atoms with E-state index in [2.05, 4.69) is 0 Å². The first-order valence-electron chi connectivity index (χ1n) is 8.42. The predicted octanol–water partition coefficient (Wildman–Crippen LogP) is 2.80. The molecular formula is C19H24O5. The topological polar surface area (TPSA) is 69.7 Å². The lowest BCUT2D eigenvalue weighted by atomic mass is 9.68. The zero-order valence-corrected chi connectivity index (χ0v) is 14.4. The van der Waals surface area contributed by atoms with E-state index < -0.39 is 29.7 Å². The van der Waals surface area contributed by atoms with E-state index in [0.29, 0.717) is 6.42 Å². The number of aryl methyl sites for hydroxylation is 1. The first-order chi connectivity index (χ1) is 11.5. The molecule has 1 saturated carbocycles. The van der Waals surface area contributed by atoms with Gasteiger partial charge in [-0.1, -0.05) is 24.3 Å². The summed E-state index contributed by atoms with van der Waals surface area (Å²) in [6.07, 6.45) is 0.585. The predicted molar refractivity (Wildman–Crippen MR) is 88.4 cm³/mol. The Balaban J connectivity index is 2.46. The Labute approximate surface area is 142 Å². The molecule has 2 rings (SSSR count). The average Bonchev–Trinajstić information content (AvgIpc) is 2.55. The van der Waals surface area contributed by atoms with Crippen LogP contribution in [0.15, 0.2) is 24.3 Å². The van der Waals surface area contributed by atoms with Gasteiger partial charge < -0.3 is 9.47 Å². The number of Topliss-reactive ketones (excluding diaryl/α,β-unsaturated/α-hetero) is 1. The van der Waals surface area contributed by atoms with Gasteiger partial charge in [0.1, 0.15) is 5.78 Å². The number of ether oxygens (including phenoxy) is 2. The molecule has 3 atom stereocenters. The van der Waals surface area contributed by atoms with Crippen molar-refractivity contribution in [3.63, 3.8) is 0 Å². The van der Waals surface area contributed by atoms with Crippen molar-refractivity contribution in [1.82, 2.24) is 0 Å². The Kier molecular flexibility index (Phi) is 6.12. The summed E-state index contributed by atoms with van der Waals surface area (Å²) in [6.45, 7) is 5.79. The van der Waals surface area contributed by atoms with Gasteiger partial charge in [-0.25, -0.2) is 0 Å². The van der Waals surface area contributed by atoms with E-state index in [0.717, 1.165) is 11.1 Å². The minimum absolute atomic E-state index is 0.0251. The van der Waals surface area contributed by atoms with Crippen LogP contribution in [0, 0.1) is 18.8 Å². The summed E-state index contributed by atoms with van der Waals surface area (Å²) in [4.78, 5) is 37.6. The second-order valence-corrected chi connectivity index (χ2v) is 5.98. The maximum atomic E-state index is 12.6. The smallest absolute Gasteiger partial charge is 0.310 e. The van der Waals surface area contributed by atoms with Crippen molar-refractivity contribution in [2.45, 2.75) is 39.5 Å². The van der Waals surface area contributed by atoms with Gasteiger partial charge in [0.05, 0.1) is 31.0 Å². The maximum absolute atomic E-state index is 12.6. The lowest BCUT2D eigenvalue weighted by molar-refractivity contribution is -0.164. The van der Waals surface area contributed by atoms with E-state index in [1.807, 2.05) is 31.2 Å². The number of hydrogen-bond acceptors (Lipinski definition) is 5. The molecule has 0 aromatic heterocycles. The monoisotopic (exact) mass is 332 g/mol. The fraction of sp³-hybridized carbons (Fsp3) is 0.526. The molecule has 0 N–H and O–H groups in total. The SMILES string of the molecule is CCOC(=O)[C@@H]1[C@@H](c2ccccc2C)C(=O)CC[C@H]1C(=O)OCC. The van der Waals surface area contributed by atoms with Gasteiger partial charge in [0, 0.05) is 6.42 Å². The minimum atomic E-state index is -0.827. The zero-order chi connectivity index (χ0) is 17.7. The quantitative estimate of drug-likeness (QED) is 0.776. The molecule has 0 amide bonds. The second-order valence-electron chi connectivity index (χ2n) is 5.98. The first kappa shape index (κ1) is 18.2. The number of hydrogen-bond donors (Lipinski definition) is 0. The van der Waals surface area contributed by atoms with Gasteiger partial charge in [0.15, 0.2) is 0 Å². The number of carbonyl (C=O) groups excluding carboxylic acids is 3.